The molecule has 1 amide bonds. The number of rotatable bonds is 8. The Hall–Kier alpha value is -2.09. The van der Waals surface area contributed by atoms with E-state index in [4.69, 9.17) is 23.2 Å². The molecule has 9 heteroatoms. The van der Waals surface area contributed by atoms with E-state index in [9.17, 15) is 13.2 Å². The third-order valence-corrected chi connectivity index (χ3v) is 5.54. The van der Waals surface area contributed by atoms with Crippen LogP contribution in [0.5, 0.6) is 0 Å². The molecule has 6 nitrogen and oxygen atoms in total. The Morgan fingerprint density at radius 1 is 1.14 bits per heavy atom. The lowest BCUT2D eigenvalue weighted by molar-refractivity contribution is -0.119. The summed E-state index contributed by atoms with van der Waals surface area (Å²) in [6, 6.07) is 14.3. The molecular weight excluding hydrogens is 421 g/mol. The first-order valence-electron chi connectivity index (χ1n) is 8.45. The fourth-order valence-corrected chi connectivity index (χ4v) is 3.70. The highest BCUT2D eigenvalue weighted by atomic mass is 35.5. The number of nitrogens with zero attached hydrogens (tertiary/aromatic N) is 2. The van der Waals surface area contributed by atoms with E-state index in [1.807, 2.05) is 30.3 Å². The smallest absolute Gasteiger partial charge is 0.260 e. The standard InChI is InChI=1S/C19H21Cl2N3O3S/c1-14(8-9-15-6-4-3-5-7-15)22-23-19(25)13-24(28(2,26)27)18-12-16(20)10-11-17(18)21/h3-7,10-12H,8-9,13H2,1-2H3,(H,23,25)/b22-14-. The highest BCUT2D eigenvalue weighted by Gasteiger charge is 2.23. The molecule has 0 saturated heterocycles. The molecule has 0 aliphatic rings. The highest BCUT2D eigenvalue weighted by Crippen LogP contribution is 2.30. The molecule has 28 heavy (non-hydrogen) atoms. The number of sulfonamides is 1. The first kappa shape index (κ1) is 22.2. The molecule has 0 radical (unpaired) electrons. The van der Waals surface area contributed by atoms with Gasteiger partial charge in [-0.2, -0.15) is 5.10 Å². The maximum absolute atomic E-state index is 12.2. The Balaban J connectivity index is 2.03. The molecular formula is C19H21Cl2N3O3S. The van der Waals surface area contributed by atoms with E-state index in [0.29, 0.717) is 11.4 Å². The number of anilines is 1. The summed E-state index contributed by atoms with van der Waals surface area (Å²) >= 11 is 12.0. The molecule has 0 fully saturated rings. The molecule has 2 rings (SSSR count). The minimum Gasteiger partial charge on any atom is -0.271 e. The lowest BCUT2D eigenvalue weighted by atomic mass is 10.1. The van der Waals surface area contributed by atoms with Gasteiger partial charge in [-0.25, -0.2) is 13.8 Å². The van der Waals surface area contributed by atoms with Gasteiger partial charge in [-0.3, -0.25) is 9.10 Å². The zero-order chi connectivity index (χ0) is 20.7. The number of aryl methyl sites for hydroxylation is 1. The summed E-state index contributed by atoms with van der Waals surface area (Å²) in [6.07, 6.45) is 2.45. The Morgan fingerprint density at radius 3 is 2.46 bits per heavy atom. The van der Waals surface area contributed by atoms with Crippen LogP contribution in [-0.4, -0.2) is 32.8 Å². The summed E-state index contributed by atoms with van der Waals surface area (Å²) in [7, 11) is -3.76. The number of hydrogen-bond acceptors (Lipinski definition) is 4. The fraction of sp³-hybridized carbons (Fsp3) is 0.263. The van der Waals surface area contributed by atoms with Gasteiger partial charge in [0.05, 0.1) is 17.0 Å². The van der Waals surface area contributed by atoms with Crippen molar-refractivity contribution < 1.29 is 13.2 Å². The van der Waals surface area contributed by atoms with Crippen LogP contribution in [0.2, 0.25) is 10.0 Å². The van der Waals surface area contributed by atoms with E-state index in [0.717, 1.165) is 22.7 Å². The lowest BCUT2D eigenvalue weighted by Crippen LogP contribution is -2.39. The maximum Gasteiger partial charge on any atom is 0.260 e. The van der Waals surface area contributed by atoms with Gasteiger partial charge in [-0.15, -0.1) is 0 Å². The van der Waals surface area contributed by atoms with Crippen LogP contribution in [-0.2, 0) is 21.2 Å². The van der Waals surface area contributed by atoms with Crippen molar-refractivity contribution in [2.24, 2.45) is 5.10 Å². The minimum absolute atomic E-state index is 0.136. The Labute approximate surface area is 175 Å². The van der Waals surface area contributed by atoms with Crippen LogP contribution in [0.4, 0.5) is 5.69 Å². The van der Waals surface area contributed by atoms with Gasteiger partial charge in [0.2, 0.25) is 10.0 Å². The number of halogens is 2. The van der Waals surface area contributed by atoms with Crippen LogP contribution < -0.4 is 9.73 Å². The lowest BCUT2D eigenvalue weighted by Gasteiger charge is -2.22. The highest BCUT2D eigenvalue weighted by molar-refractivity contribution is 7.92. The number of carbonyl (C=O) groups excluding carboxylic acids is 1. The molecule has 0 unspecified atom stereocenters. The van der Waals surface area contributed by atoms with E-state index < -0.39 is 22.5 Å². The van der Waals surface area contributed by atoms with Crippen LogP contribution in [0.1, 0.15) is 18.9 Å². The van der Waals surface area contributed by atoms with Crippen molar-refractivity contribution in [1.82, 2.24) is 5.43 Å². The fourth-order valence-electron chi connectivity index (χ4n) is 2.41. The van der Waals surface area contributed by atoms with Crippen LogP contribution in [0.25, 0.3) is 0 Å². The molecule has 0 saturated carbocycles. The van der Waals surface area contributed by atoms with Gasteiger partial charge < -0.3 is 0 Å². The van der Waals surface area contributed by atoms with Crippen LogP contribution in [0.15, 0.2) is 53.6 Å². The van der Waals surface area contributed by atoms with Gasteiger partial charge in [0.25, 0.3) is 5.91 Å². The van der Waals surface area contributed by atoms with Crippen LogP contribution >= 0.6 is 23.2 Å². The predicted molar refractivity (Wildman–Crippen MR) is 115 cm³/mol. The molecule has 0 aromatic heterocycles. The molecule has 0 heterocycles. The number of hydrogen-bond donors (Lipinski definition) is 1. The van der Waals surface area contributed by atoms with E-state index in [1.165, 1.54) is 23.8 Å². The molecule has 0 aliphatic carbocycles. The van der Waals surface area contributed by atoms with Crippen molar-refractivity contribution in [3.8, 4) is 0 Å². The molecule has 150 valence electrons. The molecule has 0 spiro atoms. The van der Waals surface area contributed by atoms with Crippen molar-refractivity contribution in [1.29, 1.82) is 0 Å². The topological polar surface area (TPSA) is 78.8 Å². The second kappa shape index (κ2) is 9.91. The van der Waals surface area contributed by atoms with Gasteiger partial charge in [0.15, 0.2) is 0 Å². The minimum atomic E-state index is -3.76. The van der Waals surface area contributed by atoms with Gasteiger partial charge in [0.1, 0.15) is 6.54 Å². The normalized spacial score (nSPS) is 11.9. The summed E-state index contributed by atoms with van der Waals surface area (Å²) in [4.78, 5) is 12.2. The second-order valence-corrected chi connectivity index (χ2v) is 8.98. The van der Waals surface area contributed by atoms with Crippen molar-refractivity contribution in [2.75, 3.05) is 17.1 Å². The van der Waals surface area contributed by atoms with E-state index in [1.54, 1.807) is 6.92 Å². The maximum atomic E-state index is 12.2. The number of hydrazone groups is 1. The summed E-state index contributed by atoms with van der Waals surface area (Å²) in [5, 5.41) is 4.52. The molecule has 0 bridgehead atoms. The average Bonchev–Trinajstić information content (AvgIpc) is 2.65. The van der Waals surface area contributed by atoms with Gasteiger partial charge >= 0.3 is 0 Å². The van der Waals surface area contributed by atoms with E-state index in [2.05, 4.69) is 10.5 Å². The number of amides is 1. The average molecular weight is 442 g/mol. The molecule has 1 N–H and O–H groups in total. The summed E-state index contributed by atoms with van der Waals surface area (Å²) in [5.74, 6) is -0.583. The predicted octanol–water partition coefficient (Wildman–Crippen LogP) is 3.88. The summed E-state index contributed by atoms with van der Waals surface area (Å²) < 4.78 is 25.2. The van der Waals surface area contributed by atoms with Gasteiger partial charge in [-0.05, 0) is 43.5 Å². The Kier molecular flexibility index (Phi) is 7.86. The first-order chi connectivity index (χ1) is 13.2. The number of benzene rings is 2. The molecule has 2 aromatic carbocycles. The van der Waals surface area contributed by atoms with Gasteiger partial charge in [-0.1, -0.05) is 53.5 Å². The Bertz CT molecular complexity index is 964. The largest absolute Gasteiger partial charge is 0.271 e. The first-order valence-corrected chi connectivity index (χ1v) is 11.1. The van der Waals surface area contributed by atoms with Crippen molar-refractivity contribution in [3.63, 3.8) is 0 Å². The summed E-state index contributed by atoms with van der Waals surface area (Å²) in [5.41, 5.74) is 4.42. The monoisotopic (exact) mass is 441 g/mol. The van der Waals surface area contributed by atoms with Crippen LogP contribution in [0, 0.1) is 0 Å². The SMILES string of the molecule is C/C(CCc1ccccc1)=N/NC(=O)CN(c1cc(Cl)ccc1Cl)S(C)(=O)=O. The van der Waals surface area contributed by atoms with Crippen molar-refractivity contribution in [3.05, 3.63) is 64.1 Å². The second-order valence-electron chi connectivity index (χ2n) is 6.23. The molecule has 0 atom stereocenters. The molecule has 0 aliphatic heterocycles. The van der Waals surface area contributed by atoms with Gasteiger partial charge in [0, 0.05) is 10.7 Å². The number of nitrogens with one attached hydrogen (secondary N) is 1. The zero-order valence-electron chi connectivity index (χ0n) is 15.5. The van der Waals surface area contributed by atoms with Crippen LogP contribution in [0.3, 0.4) is 0 Å². The third kappa shape index (κ3) is 6.82. The molecule has 2 aromatic rings. The van der Waals surface area contributed by atoms with Crippen molar-refractivity contribution in [2.45, 2.75) is 19.8 Å². The summed E-state index contributed by atoms with van der Waals surface area (Å²) in [6.45, 7) is 1.33. The zero-order valence-corrected chi connectivity index (χ0v) is 17.9. The van der Waals surface area contributed by atoms with E-state index >= 15 is 0 Å². The van der Waals surface area contributed by atoms with E-state index in [-0.39, 0.29) is 10.7 Å². The number of carbonyl (C=O) groups is 1. The van der Waals surface area contributed by atoms with Crippen molar-refractivity contribution >= 4 is 50.5 Å². The Morgan fingerprint density at radius 2 is 1.82 bits per heavy atom. The third-order valence-electron chi connectivity index (χ3n) is 3.85. The quantitative estimate of drug-likeness (QED) is 0.498.